The van der Waals surface area contributed by atoms with E-state index in [0.717, 1.165) is 48.0 Å². The molecule has 0 radical (unpaired) electrons. The van der Waals surface area contributed by atoms with E-state index >= 15 is 0 Å². The SMILES string of the molecule is Cc1cc2c(NC(CO)Cc3ccccc3)nc(N3CCCC3)nc2[nH]1. The molecule has 0 bridgehead atoms. The molecule has 0 aliphatic carbocycles. The van der Waals surface area contributed by atoms with E-state index in [4.69, 9.17) is 9.97 Å². The monoisotopic (exact) mass is 351 g/mol. The number of aryl methyl sites for hydroxylation is 1. The lowest BCUT2D eigenvalue weighted by molar-refractivity contribution is 0.273. The number of aliphatic hydroxyl groups excluding tert-OH is 1. The molecule has 0 saturated carbocycles. The van der Waals surface area contributed by atoms with Gasteiger partial charge < -0.3 is 20.3 Å². The number of hydrogen-bond acceptors (Lipinski definition) is 5. The summed E-state index contributed by atoms with van der Waals surface area (Å²) in [6.07, 6.45) is 3.10. The van der Waals surface area contributed by atoms with Gasteiger partial charge in [-0.05, 0) is 37.8 Å². The highest BCUT2D eigenvalue weighted by Gasteiger charge is 2.20. The predicted octanol–water partition coefficient (Wildman–Crippen LogP) is 2.88. The molecule has 1 atom stereocenters. The molecular formula is C20H25N5O. The highest BCUT2D eigenvalue weighted by molar-refractivity contribution is 5.89. The van der Waals surface area contributed by atoms with Crippen LogP contribution in [0, 0.1) is 6.92 Å². The average Bonchev–Trinajstić information content (AvgIpc) is 3.30. The minimum Gasteiger partial charge on any atom is -0.394 e. The number of rotatable bonds is 6. The normalized spacial score (nSPS) is 15.5. The Labute approximate surface area is 153 Å². The molecule has 0 amide bonds. The summed E-state index contributed by atoms with van der Waals surface area (Å²) < 4.78 is 0. The Morgan fingerprint density at radius 1 is 1.19 bits per heavy atom. The van der Waals surface area contributed by atoms with Gasteiger partial charge in [0.25, 0.3) is 0 Å². The topological polar surface area (TPSA) is 77.1 Å². The molecular weight excluding hydrogens is 326 g/mol. The Kier molecular flexibility index (Phi) is 4.75. The van der Waals surface area contributed by atoms with Crippen LogP contribution in [0.25, 0.3) is 11.0 Å². The Hall–Kier alpha value is -2.60. The predicted molar refractivity (Wildman–Crippen MR) is 105 cm³/mol. The molecule has 1 aromatic carbocycles. The van der Waals surface area contributed by atoms with Crippen LogP contribution < -0.4 is 10.2 Å². The summed E-state index contributed by atoms with van der Waals surface area (Å²) in [5.74, 6) is 1.55. The molecule has 6 heteroatoms. The first-order valence-electron chi connectivity index (χ1n) is 9.26. The first-order chi connectivity index (χ1) is 12.7. The van der Waals surface area contributed by atoms with E-state index in [1.54, 1.807) is 0 Å². The third-order valence-corrected chi connectivity index (χ3v) is 4.89. The van der Waals surface area contributed by atoms with Crippen molar-refractivity contribution in [2.45, 2.75) is 32.2 Å². The maximum absolute atomic E-state index is 9.88. The summed E-state index contributed by atoms with van der Waals surface area (Å²) >= 11 is 0. The molecule has 1 unspecified atom stereocenters. The molecule has 2 aromatic heterocycles. The van der Waals surface area contributed by atoms with Crippen molar-refractivity contribution in [3.63, 3.8) is 0 Å². The fourth-order valence-electron chi connectivity index (χ4n) is 3.55. The number of benzene rings is 1. The van der Waals surface area contributed by atoms with Crippen LogP contribution in [0.2, 0.25) is 0 Å². The summed E-state index contributed by atoms with van der Waals surface area (Å²) in [6, 6.07) is 12.2. The second-order valence-corrected chi connectivity index (χ2v) is 6.99. The average molecular weight is 351 g/mol. The smallest absolute Gasteiger partial charge is 0.229 e. The Bertz CT molecular complexity index is 871. The number of aromatic amines is 1. The van der Waals surface area contributed by atoms with Crippen molar-refractivity contribution in [3.05, 3.63) is 47.7 Å². The van der Waals surface area contributed by atoms with Crippen LogP contribution in [-0.4, -0.2) is 45.8 Å². The van der Waals surface area contributed by atoms with Crippen molar-refractivity contribution in [2.75, 3.05) is 29.9 Å². The third kappa shape index (κ3) is 3.51. The first-order valence-corrected chi connectivity index (χ1v) is 9.26. The first kappa shape index (κ1) is 16.8. The number of hydrogen-bond donors (Lipinski definition) is 3. The number of fused-ring (bicyclic) bond motifs is 1. The molecule has 1 fully saturated rings. The van der Waals surface area contributed by atoms with Crippen LogP contribution in [0.15, 0.2) is 36.4 Å². The highest BCUT2D eigenvalue weighted by Crippen LogP contribution is 2.26. The van der Waals surface area contributed by atoms with Crippen molar-refractivity contribution in [3.8, 4) is 0 Å². The Balaban J connectivity index is 1.64. The molecule has 1 aliphatic rings. The van der Waals surface area contributed by atoms with Crippen LogP contribution in [0.5, 0.6) is 0 Å². The highest BCUT2D eigenvalue weighted by atomic mass is 16.3. The van der Waals surface area contributed by atoms with E-state index in [1.165, 1.54) is 18.4 Å². The van der Waals surface area contributed by atoms with E-state index in [1.807, 2.05) is 25.1 Å². The number of aromatic nitrogens is 3. The molecule has 136 valence electrons. The van der Waals surface area contributed by atoms with E-state index in [9.17, 15) is 5.11 Å². The van der Waals surface area contributed by atoms with Crippen molar-refractivity contribution < 1.29 is 5.11 Å². The van der Waals surface area contributed by atoms with Gasteiger partial charge in [0.15, 0.2) is 0 Å². The van der Waals surface area contributed by atoms with Gasteiger partial charge in [-0.15, -0.1) is 0 Å². The lowest BCUT2D eigenvalue weighted by Gasteiger charge is -2.20. The van der Waals surface area contributed by atoms with E-state index < -0.39 is 0 Å². The van der Waals surface area contributed by atoms with Gasteiger partial charge in [0, 0.05) is 18.8 Å². The molecule has 6 nitrogen and oxygen atoms in total. The minimum atomic E-state index is -0.0999. The van der Waals surface area contributed by atoms with Crippen LogP contribution in [0.3, 0.4) is 0 Å². The second-order valence-electron chi connectivity index (χ2n) is 6.99. The van der Waals surface area contributed by atoms with Gasteiger partial charge in [0.05, 0.1) is 18.0 Å². The van der Waals surface area contributed by atoms with Gasteiger partial charge in [-0.2, -0.15) is 9.97 Å². The second kappa shape index (κ2) is 7.33. The number of nitrogens with zero attached hydrogens (tertiary/aromatic N) is 3. The summed E-state index contributed by atoms with van der Waals surface area (Å²) in [7, 11) is 0. The van der Waals surface area contributed by atoms with Crippen LogP contribution in [0.4, 0.5) is 11.8 Å². The molecule has 3 aromatic rings. The van der Waals surface area contributed by atoms with Gasteiger partial charge in [0.2, 0.25) is 5.95 Å². The number of anilines is 2. The zero-order chi connectivity index (χ0) is 17.9. The molecule has 26 heavy (non-hydrogen) atoms. The third-order valence-electron chi connectivity index (χ3n) is 4.89. The maximum atomic E-state index is 9.88. The number of nitrogens with one attached hydrogen (secondary N) is 2. The fourth-order valence-corrected chi connectivity index (χ4v) is 3.55. The maximum Gasteiger partial charge on any atom is 0.229 e. The van der Waals surface area contributed by atoms with E-state index in [0.29, 0.717) is 0 Å². The number of aliphatic hydroxyl groups is 1. The summed E-state index contributed by atoms with van der Waals surface area (Å²) in [6.45, 7) is 4.06. The molecule has 3 N–H and O–H groups in total. The van der Waals surface area contributed by atoms with Crippen LogP contribution in [0.1, 0.15) is 24.1 Å². The van der Waals surface area contributed by atoms with Gasteiger partial charge in [-0.3, -0.25) is 0 Å². The van der Waals surface area contributed by atoms with Gasteiger partial charge in [0.1, 0.15) is 11.5 Å². The Morgan fingerprint density at radius 3 is 2.69 bits per heavy atom. The van der Waals surface area contributed by atoms with Crippen molar-refractivity contribution in [1.29, 1.82) is 0 Å². The molecule has 3 heterocycles. The fraction of sp³-hybridized carbons (Fsp3) is 0.400. The molecule has 1 aliphatic heterocycles. The van der Waals surface area contributed by atoms with Crippen LogP contribution in [-0.2, 0) is 6.42 Å². The summed E-state index contributed by atoms with van der Waals surface area (Å²) in [4.78, 5) is 15.1. The zero-order valence-electron chi connectivity index (χ0n) is 15.1. The molecule has 1 saturated heterocycles. The summed E-state index contributed by atoms with van der Waals surface area (Å²) in [5, 5.41) is 14.3. The quantitative estimate of drug-likeness (QED) is 0.637. The minimum absolute atomic E-state index is 0.0445. The van der Waals surface area contributed by atoms with E-state index in [-0.39, 0.29) is 12.6 Å². The zero-order valence-corrected chi connectivity index (χ0v) is 15.1. The van der Waals surface area contributed by atoms with Gasteiger partial charge >= 0.3 is 0 Å². The largest absolute Gasteiger partial charge is 0.394 e. The lowest BCUT2D eigenvalue weighted by atomic mass is 10.1. The standard InChI is InChI=1S/C20H25N5O/c1-14-11-17-18(21-14)23-20(25-9-5-6-10-25)24-19(17)22-16(13-26)12-15-7-3-2-4-8-15/h2-4,7-8,11,16,26H,5-6,9-10,12-13H2,1H3,(H2,21,22,23,24). The molecule has 0 spiro atoms. The molecule has 4 rings (SSSR count). The van der Waals surface area contributed by atoms with Crippen molar-refractivity contribution >= 4 is 22.8 Å². The Morgan fingerprint density at radius 2 is 1.96 bits per heavy atom. The van der Waals surface area contributed by atoms with Gasteiger partial charge in [-0.1, -0.05) is 30.3 Å². The number of H-pyrrole nitrogens is 1. The van der Waals surface area contributed by atoms with Crippen molar-refractivity contribution in [2.24, 2.45) is 0 Å². The van der Waals surface area contributed by atoms with Crippen LogP contribution >= 0.6 is 0 Å². The lowest BCUT2D eigenvalue weighted by Crippen LogP contribution is -2.28. The van der Waals surface area contributed by atoms with E-state index in [2.05, 4.69) is 33.4 Å². The van der Waals surface area contributed by atoms with Crippen molar-refractivity contribution in [1.82, 2.24) is 15.0 Å². The van der Waals surface area contributed by atoms with Gasteiger partial charge in [-0.25, -0.2) is 0 Å². The summed E-state index contributed by atoms with van der Waals surface area (Å²) in [5.41, 5.74) is 3.09.